The number of rotatable bonds is 5. The first-order chi connectivity index (χ1) is 14.5. The third kappa shape index (κ3) is 3.77. The highest BCUT2D eigenvalue weighted by molar-refractivity contribution is 6.09. The molecular weight excluding hydrogens is 382 g/mol. The van der Waals surface area contributed by atoms with Gasteiger partial charge >= 0.3 is 6.03 Å². The molecule has 2 heterocycles. The Hall–Kier alpha value is -2.57. The third-order valence-corrected chi connectivity index (χ3v) is 7.20. The number of hydrogen-bond donors (Lipinski definition) is 1. The fourth-order valence-electron chi connectivity index (χ4n) is 5.11. The predicted octanol–water partition coefficient (Wildman–Crippen LogP) is 2.90. The highest BCUT2D eigenvalue weighted by Gasteiger charge is 2.52. The Morgan fingerprint density at radius 3 is 2.50 bits per heavy atom. The van der Waals surface area contributed by atoms with Crippen LogP contribution in [0.5, 0.6) is 5.75 Å². The maximum Gasteiger partial charge on any atom is 0.325 e. The zero-order valence-electron chi connectivity index (χ0n) is 17.9. The largest absolute Gasteiger partial charge is 0.497 e. The number of ether oxygens (including phenoxy) is 1. The number of carbonyl (C=O) groups is 3. The van der Waals surface area contributed by atoms with Crippen LogP contribution in [0, 0.1) is 5.92 Å². The number of urea groups is 1. The van der Waals surface area contributed by atoms with E-state index in [1.165, 1.54) is 5.56 Å². The summed E-state index contributed by atoms with van der Waals surface area (Å²) in [5.41, 5.74) is 0.382. The van der Waals surface area contributed by atoms with Crippen LogP contribution in [-0.4, -0.2) is 59.9 Å². The Balaban J connectivity index is 1.36. The molecule has 0 aromatic heterocycles. The van der Waals surface area contributed by atoms with Gasteiger partial charge in [-0.3, -0.25) is 14.5 Å². The molecule has 7 nitrogen and oxygen atoms in total. The SMILES string of the molecule is CCC1CCC2(CC1)NC(=O)N(CC(=O)N1CCC(c3ccc(OC)cc3)C1)C2=O. The van der Waals surface area contributed by atoms with E-state index in [0.29, 0.717) is 31.8 Å². The van der Waals surface area contributed by atoms with Crippen LogP contribution in [0.25, 0.3) is 0 Å². The van der Waals surface area contributed by atoms with E-state index in [1.807, 2.05) is 24.3 Å². The summed E-state index contributed by atoms with van der Waals surface area (Å²) in [7, 11) is 1.64. The second-order valence-electron chi connectivity index (χ2n) is 8.85. The molecule has 1 aromatic carbocycles. The van der Waals surface area contributed by atoms with E-state index < -0.39 is 11.6 Å². The number of methoxy groups -OCH3 is 1. The molecular formula is C23H31N3O4. The smallest absolute Gasteiger partial charge is 0.325 e. The molecule has 3 fully saturated rings. The summed E-state index contributed by atoms with van der Waals surface area (Å²) < 4.78 is 5.21. The third-order valence-electron chi connectivity index (χ3n) is 7.20. The van der Waals surface area contributed by atoms with Gasteiger partial charge in [0.25, 0.3) is 5.91 Å². The summed E-state index contributed by atoms with van der Waals surface area (Å²) >= 11 is 0. The van der Waals surface area contributed by atoms with Crippen LogP contribution >= 0.6 is 0 Å². The quantitative estimate of drug-likeness (QED) is 0.753. The average Bonchev–Trinajstić information content (AvgIpc) is 3.35. The Kier molecular flexibility index (Phi) is 5.71. The number of likely N-dealkylation sites (tertiary alicyclic amines) is 1. The minimum atomic E-state index is -0.792. The lowest BCUT2D eigenvalue weighted by Crippen LogP contribution is -2.50. The van der Waals surface area contributed by atoms with Gasteiger partial charge in [0.15, 0.2) is 0 Å². The van der Waals surface area contributed by atoms with E-state index in [9.17, 15) is 14.4 Å². The van der Waals surface area contributed by atoms with Crippen molar-refractivity contribution in [2.45, 2.75) is 56.9 Å². The molecule has 1 unspecified atom stereocenters. The summed E-state index contributed by atoms with van der Waals surface area (Å²) in [4.78, 5) is 41.3. The first kappa shape index (κ1) is 20.7. The molecule has 1 N–H and O–H groups in total. The monoisotopic (exact) mass is 413 g/mol. The van der Waals surface area contributed by atoms with Gasteiger partial charge in [0.05, 0.1) is 7.11 Å². The Morgan fingerprint density at radius 1 is 1.17 bits per heavy atom. The van der Waals surface area contributed by atoms with Crippen LogP contribution in [0.15, 0.2) is 24.3 Å². The Morgan fingerprint density at radius 2 is 1.87 bits per heavy atom. The number of imide groups is 1. The van der Waals surface area contributed by atoms with E-state index >= 15 is 0 Å². The number of hydrogen-bond acceptors (Lipinski definition) is 4. The molecule has 1 aromatic rings. The summed E-state index contributed by atoms with van der Waals surface area (Å²) in [6.07, 6.45) is 5.21. The topological polar surface area (TPSA) is 79.0 Å². The molecule has 162 valence electrons. The van der Waals surface area contributed by atoms with Crippen molar-refractivity contribution in [3.05, 3.63) is 29.8 Å². The highest BCUT2D eigenvalue weighted by Crippen LogP contribution is 2.37. The molecule has 1 spiro atoms. The molecule has 4 rings (SSSR count). The lowest BCUT2D eigenvalue weighted by molar-refractivity contribution is -0.139. The first-order valence-corrected chi connectivity index (χ1v) is 11.0. The summed E-state index contributed by atoms with van der Waals surface area (Å²) in [6, 6.07) is 7.50. The van der Waals surface area contributed by atoms with Crippen molar-refractivity contribution in [1.82, 2.24) is 15.1 Å². The van der Waals surface area contributed by atoms with E-state index in [-0.39, 0.29) is 24.3 Å². The van der Waals surface area contributed by atoms with E-state index in [1.54, 1.807) is 12.0 Å². The molecule has 0 radical (unpaired) electrons. The zero-order chi connectivity index (χ0) is 21.3. The van der Waals surface area contributed by atoms with Crippen LogP contribution in [0.3, 0.4) is 0 Å². The van der Waals surface area contributed by atoms with Gasteiger partial charge in [-0.25, -0.2) is 4.79 Å². The Labute approximate surface area is 177 Å². The van der Waals surface area contributed by atoms with Crippen molar-refractivity contribution in [2.75, 3.05) is 26.7 Å². The van der Waals surface area contributed by atoms with Gasteiger partial charge in [0.1, 0.15) is 17.8 Å². The molecule has 3 aliphatic rings. The van der Waals surface area contributed by atoms with Crippen molar-refractivity contribution in [3.63, 3.8) is 0 Å². The molecule has 1 aliphatic carbocycles. The molecule has 4 amide bonds. The molecule has 2 saturated heterocycles. The van der Waals surface area contributed by atoms with Gasteiger partial charge in [-0.1, -0.05) is 25.5 Å². The normalized spacial score (nSPS) is 28.9. The van der Waals surface area contributed by atoms with Gasteiger partial charge in [-0.15, -0.1) is 0 Å². The maximum absolute atomic E-state index is 13.0. The van der Waals surface area contributed by atoms with Gasteiger partial charge in [-0.05, 0) is 55.7 Å². The second-order valence-corrected chi connectivity index (χ2v) is 8.85. The van der Waals surface area contributed by atoms with Crippen LogP contribution in [-0.2, 0) is 9.59 Å². The molecule has 7 heteroatoms. The first-order valence-electron chi connectivity index (χ1n) is 11.0. The van der Waals surface area contributed by atoms with E-state index in [0.717, 1.165) is 36.3 Å². The van der Waals surface area contributed by atoms with Crippen molar-refractivity contribution >= 4 is 17.8 Å². The summed E-state index contributed by atoms with van der Waals surface area (Å²) in [6.45, 7) is 3.25. The molecule has 1 atom stereocenters. The molecule has 30 heavy (non-hydrogen) atoms. The van der Waals surface area contributed by atoms with E-state index in [4.69, 9.17) is 4.74 Å². The molecule has 2 aliphatic heterocycles. The van der Waals surface area contributed by atoms with Crippen LogP contribution in [0.4, 0.5) is 4.79 Å². The molecule has 0 bridgehead atoms. The maximum atomic E-state index is 13.0. The average molecular weight is 414 g/mol. The van der Waals surface area contributed by atoms with Crippen LogP contribution in [0.1, 0.15) is 56.9 Å². The Bertz CT molecular complexity index is 814. The summed E-state index contributed by atoms with van der Waals surface area (Å²) in [5.74, 6) is 1.31. The zero-order valence-corrected chi connectivity index (χ0v) is 17.9. The fourth-order valence-corrected chi connectivity index (χ4v) is 5.11. The second kappa shape index (κ2) is 8.28. The van der Waals surface area contributed by atoms with Crippen LogP contribution in [0.2, 0.25) is 0 Å². The van der Waals surface area contributed by atoms with Gasteiger partial charge in [-0.2, -0.15) is 0 Å². The summed E-state index contributed by atoms with van der Waals surface area (Å²) in [5, 5.41) is 2.91. The fraction of sp³-hybridized carbons (Fsp3) is 0.609. The van der Waals surface area contributed by atoms with Gasteiger partial charge in [0.2, 0.25) is 5.91 Å². The van der Waals surface area contributed by atoms with Gasteiger partial charge in [0, 0.05) is 19.0 Å². The standard InChI is InChI=1S/C23H31N3O4/c1-3-16-8-11-23(12-9-16)21(28)26(22(29)24-23)15-20(27)25-13-10-18(14-25)17-4-6-19(30-2)7-5-17/h4-7,16,18H,3,8-15H2,1-2H3,(H,24,29). The van der Waals surface area contributed by atoms with Crippen LogP contribution < -0.4 is 10.1 Å². The number of carbonyl (C=O) groups excluding carboxylic acids is 3. The number of benzene rings is 1. The number of nitrogens with zero attached hydrogens (tertiary/aromatic N) is 2. The lowest BCUT2D eigenvalue weighted by atomic mass is 9.75. The van der Waals surface area contributed by atoms with E-state index in [2.05, 4.69) is 12.2 Å². The van der Waals surface area contributed by atoms with Crippen molar-refractivity contribution in [1.29, 1.82) is 0 Å². The number of nitrogens with one attached hydrogen (secondary N) is 1. The van der Waals surface area contributed by atoms with Crippen molar-refractivity contribution in [3.8, 4) is 5.75 Å². The lowest BCUT2D eigenvalue weighted by Gasteiger charge is -2.34. The highest BCUT2D eigenvalue weighted by atomic mass is 16.5. The van der Waals surface area contributed by atoms with Gasteiger partial charge < -0.3 is 15.0 Å². The van der Waals surface area contributed by atoms with Crippen molar-refractivity contribution < 1.29 is 19.1 Å². The molecule has 1 saturated carbocycles. The minimum absolute atomic E-state index is 0.159. The number of amides is 4. The van der Waals surface area contributed by atoms with Crippen molar-refractivity contribution in [2.24, 2.45) is 5.92 Å². The minimum Gasteiger partial charge on any atom is -0.497 e. The predicted molar refractivity (Wildman–Crippen MR) is 112 cm³/mol.